The fourth-order valence-corrected chi connectivity index (χ4v) is 4.11. The molecule has 4 heteroatoms. The SMILES string of the molecule is CCC1CCCCN1C(=O)c1oc2c(c1C)C(=O)CC(C)(C)C2. The summed E-state index contributed by atoms with van der Waals surface area (Å²) in [6.07, 6.45) is 5.51. The molecule has 1 saturated heterocycles. The van der Waals surface area contributed by atoms with Gasteiger partial charge < -0.3 is 9.32 Å². The standard InChI is InChI=1S/C19H27NO3/c1-5-13-8-6-7-9-20(13)18(22)17-12(2)16-14(21)10-19(3,4)11-15(16)23-17/h13H,5-11H2,1-4H3. The van der Waals surface area contributed by atoms with Crippen molar-refractivity contribution in [3.05, 3.63) is 22.6 Å². The monoisotopic (exact) mass is 317 g/mol. The molecule has 1 aliphatic heterocycles. The quantitative estimate of drug-likeness (QED) is 0.823. The Labute approximate surface area is 138 Å². The second-order valence-corrected chi connectivity index (χ2v) is 7.85. The van der Waals surface area contributed by atoms with E-state index in [2.05, 4.69) is 20.8 Å². The van der Waals surface area contributed by atoms with Gasteiger partial charge in [0.2, 0.25) is 0 Å². The Hall–Kier alpha value is -1.58. The van der Waals surface area contributed by atoms with E-state index >= 15 is 0 Å². The van der Waals surface area contributed by atoms with E-state index in [1.807, 2.05) is 11.8 Å². The van der Waals surface area contributed by atoms with Crippen LogP contribution >= 0.6 is 0 Å². The van der Waals surface area contributed by atoms with Crippen molar-refractivity contribution in [1.29, 1.82) is 0 Å². The van der Waals surface area contributed by atoms with Crippen LogP contribution in [0.5, 0.6) is 0 Å². The number of piperidine rings is 1. The molecule has 3 rings (SSSR count). The second-order valence-electron chi connectivity index (χ2n) is 7.85. The summed E-state index contributed by atoms with van der Waals surface area (Å²) >= 11 is 0. The maximum Gasteiger partial charge on any atom is 0.290 e. The predicted molar refractivity (Wildman–Crippen MR) is 88.8 cm³/mol. The van der Waals surface area contributed by atoms with Crippen molar-refractivity contribution in [3.8, 4) is 0 Å². The van der Waals surface area contributed by atoms with Crippen molar-refractivity contribution in [3.63, 3.8) is 0 Å². The summed E-state index contributed by atoms with van der Waals surface area (Å²) < 4.78 is 5.94. The molecule has 2 aliphatic rings. The zero-order valence-corrected chi connectivity index (χ0v) is 14.7. The Bertz CT molecular complexity index is 641. The normalized spacial score (nSPS) is 23.7. The molecular weight excluding hydrogens is 290 g/mol. The lowest BCUT2D eigenvalue weighted by Crippen LogP contribution is -2.43. The van der Waals surface area contributed by atoms with E-state index in [4.69, 9.17) is 4.42 Å². The number of hydrogen-bond donors (Lipinski definition) is 0. The van der Waals surface area contributed by atoms with E-state index in [-0.39, 0.29) is 17.1 Å². The van der Waals surface area contributed by atoms with Gasteiger partial charge in [0, 0.05) is 31.0 Å². The van der Waals surface area contributed by atoms with Crippen LogP contribution in [-0.4, -0.2) is 29.2 Å². The van der Waals surface area contributed by atoms with Crippen molar-refractivity contribution in [2.45, 2.75) is 72.3 Å². The third-order valence-electron chi connectivity index (χ3n) is 5.33. The molecule has 1 atom stereocenters. The minimum absolute atomic E-state index is 0.0333. The van der Waals surface area contributed by atoms with Crippen LogP contribution in [0.15, 0.2) is 4.42 Å². The Kier molecular flexibility index (Phi) is 4.11. The van der Waals surface area contributed by atoms with Gasteiger partial charge in [-0.2, -0.15) is 0 Å². The molecule has 1 amide bonds. The molecular formula is C19H27NO3. The minimum atomic E-state index is -0.0915. The molecule has 0 bridgehead atoms. The van der Waals surface area contributed by atoms with Crippen molar-refractivity contribution in [1.82, 2.24) is 4.90 Å². The molecule has 23 heavy (non-hydrogen) atoms. The number of nitrogens with zero attached hydrogens (tertiary/aromatic N) is 1. The molecule has 126 valence electrons. The molecule has 0 spiro atoms. The van der Waals surface area contributed by atoms with Crippen LogP contribution in [0.2, 0.25) is 0 Å². The number of fused-ring (bicyclic) bond motifs is 1. The zero-order chi connectivity index (χ0) is 16.8. The van der Waals surface area contributed by atoms with Gasteiger partial charge in [0.1, 0.15) is 5.76 Å². The van der Waals surface area contributed by atoms with Crippen LogP contribution in [0.1, 0.15) is 85.1 Å². The van der Waals surface area contributed by atoms with E-state index in [0.29, 0.717) is 29.5 Å². The molecule has 0 saturated carbocycles. The summed E-state index contributed by atoms with van der Waals surface area (Å²) in [5.74, 6) is 1.18. The van der Waals surface area contributed by atoms with Gasteiger partial charge in [-0.05, 0) is 38.0 Å². The third-order valence-corrected chi connectivity index (χ3v) is 5.33. The van der Waals surface area contributed by atoms with E-state index in [9.17, 15) is 9.59 Å². The van der Waals surface area contributed by atoms with Crippen LogP contribution in [0.4, 0.5) is 0 Å². The fourth-order valence-electron chi connectivity index (χ4n) is 4.11. The van der Waals surface area contributed by atoms with Crippen LogP contribution in [0.25, 0.3) is 0 Å². The molecule has 2 heterocycles. The molecule has 4 nitrogen and oxygen atoms in total. The highest BCUT2D eigenvalue weighted by Gasteiger charge is 2.38. The summed E-state index contributed by atoms with van der Waals surface area (Å²) in [6.45, 7) is 8.93. The average molecular weight is 317 g/mol. The van der Waals surface area contributed by atoms with Crippen LogP contribution in [0.3, 0.4) is 0 Å². The van der Waals surface area contributed by atoms with Crippen molar-refractivity contribution < 1.29 is 14.0 Å². The molecule has 1 aliphatic carbocycles. The highest BCUT2D eigenvalue weighted by atomic mass is 16.4. The lowest BCUT2D eigenvalue weighted by molar-refractivity contribution is 0.0570. The number of Topliss-reactive ketones (excluding diaryl/α,β-unsaturated/α-hetero) is 1. The minimum Gasteiger partial charge on any atom is -0.455 e. The van der Waals surface area contributed by atoms with Crippen molar-refractivity contribution in [2.24, 2.45) is 5.41 Å². The van der Waals surface area contributed by atoms with E-state index in [1.54, 1.807) is 0 Å². The Balaban J connectivity index is 1.95. The Morgan fingerprint density at radius 1 is 1.30 bits per heavy atom. The lowest BCUT2D eigenvalue weighted by atomic mass is 9.76. The van der Waals surface area contributed by atoms with Gasteiger partial charge in [-0.3, -0.25) is 9.59 Å². The Morgan fingerprint density at radius 2 is 2.04 bits per heavy atom. The van der Waals surface area contributed by atoms with Gasteiger partial charge in [0.05, 0.1) is 5.56 Å². The number of furan rings is 1. The number of carbonyl (C=O) groups excluding carboxylic acids is 2. The van der Waals surface area contributed by atoms with E-state index in [1.165, 1.54) is 6.42 Å². The Morgan fingerprint density at radius 3 is 2.74 bits per heavy atom. The summed E-state index contributed by atoms with van der Waals surface area (Å²) in [5, 5.41) is 0. The zero-order valence-electron chi connectivity index (χ0n) is 14.7. The van der Waals surface area contributed by atoms with Crippen molar-refractivity contribution >= 4 is 11.7 Å². The molecule has 0 aromatic carbocycles. The number of carbonyl (C=O) groups is 2. The first-order valence-electron chi connectivity index (χ1n) is 8.80. The maximum atomic E-state index is 13.0. The molecule has 0 N–H and O–H groups in total. The van der Waals surface area contributed by atoms with Crippen LogP contribution in [-0.2, 0) is 6.42 Å². The summed E-state index contributed by atoms with van der Waals surface area (Å²) in [4.78, 5) is 27.4. The number of rotatable bonds is 2. The van der Waals surface area contributed by atoms with E-state index < -0.39 is 0 Å². The van der Waals surface area contributed by atoms with Gasteiger partial charge in [-0.15, -0.1) is 0 Å². The van der Waals surface area contributed by atoms with Gasteiger partial charge >= 0.3 is 0 Å². The number of amides is 1. The number of hydrogen-bond acceptors (Lipinski definition) is 3. The predicted octanol–water partition coefficient (Wildman–Crippen LogP) is 4.15. The summed E-state index contributed by atoms with van der Waals surface area (Å²) in [7, 11) is 0. The maximum absolute atomic E-state index is 13.0. The molecule has 1 fully saturated rings. The van der Waals surface area contributed by atoms with Gasteiger partial charge in [-0.1, -0.05) is 20.8 Å². The largest absolute Gasteiger partial charge is 0.455 e. The van der Waals surface area contributed by atoms with Gasteiger partial charge in [0.25, 0.3) is 5.91 Å². The molecule has 0 radical (unpaired) electrons. The molecule has 1 aromatic rings. The third kappa shape index (κ3) is 2.84. The number of likely N-dealkylation sites (tertiary alicyclic amines) is 1. The first-order chi connectivity index (χ1) is 10.8. The van der Waals surface area contributed by atoms with Crippen LogP contribution < -0.4 is 0 Å². The van der Waals surface area contributed by atoms with Crippen molar-refractivity contribution in [2.75, 3.05) is 6.54 Å². The summed E-state index contributed by atoms with van der Waals surface area (Å²) in [6, 6.07) is 0.296. The van der Waals surface area contributed by atoms with Gasteiger partial charge in [-0.25, -0.2) is 0 Å². The lowest BCUT2D eigenvalue weighted by Gasteiger charge is -2.34. The highest BCUT2D eigenvalue weighted by molar-refractivity contribution is 6.03. The topological polar surface area (TPSA) is 50.5 Å². The first kappa shape index (κ1) is 16.3. The fraction of sp³-hybridized carbons (Fsp3) is 0.684. The first-order valence-corrected chi connectivity index (χ1v) is 8.80. The highest BCUT2D eigenvalue weighted by Crippen LogP contribution is 2.39. The summed E-state index contributed by atoms with van der Waals surface area (Å²) in [5.41, 5.74) is 1.31. The second kappa shape index (κ2) is 5.81. The smallest absolute Gasteiger partial charge is 0.290 e. The van der Waals surface area contributed by atoms with E-state index in [0.717, 1.165) is 37.8 Å². The molecule has 1 unspecified atom stereocenters. The number of ketones is 1. The average Bonchev–Trinajstić information content (AvgIpc) is 2.81. The molecule has 1 aromatic heterocycles. The van der Waals surface area contributed by atoms with Gasteiger partial charge in [0.15, 0.2) is 11.5 Å². The van der Waals surface area contributed by atoms with Crippen LogP contribution in [0, 0.1) is 12.3 Å².